The van der Waals surface area contributed by atoms with Gasteiger partial charge in [-0.2, -0.15) is 0 Å². The van der Waals surface area contributed by atoms with Crippen LogP contribution in [0.25, 0.3) is 10.9 Å². The molecule has 2 aromatic carbocycles. The number of anilines is 1. The summed E-state index contributed by atoms with van der Waals surface area (Å²) in [5, 5.41) is 6.98. The highest BCUT2D eigenvalue weighted by atomic mass is 16.2. The lowest BCUT2D eigenvalue weighted by Gasteiger charge is -2.11. The molecule has 0 saturated carbocycles. The normalized spacial score (nSPS) is 15.1. The van der Waals surface area contributed by atoms with E-state index in [0.717, 1.165) is 42.3 Å². The fourth-order valence-electron chi connectivity index (χ4n) is 2.82. The molecule has 1 aliphatic heterocycles. The van der Waals surface area contributed by atoms with Crippen LogP contribution in [-0.2, 0) is 4.79 Å². The third-order valence-corrected chi connectivity index (χ3v) is 4.08. The molecule has 1 atom stereocenters. The van der Waals surface area contributed by atoms with Crippen molar-refractivity contribution < 1.29 is 9.59 Å². The van der Waals surface area contributed by atoms with Crippen LogP contribution in [0.1, 0.15) is 23.3 Å². The second-order valence-electron chi connectivity index (χ2n) is 5.94. The average molecular weight is 366 g/mol. The number of aromatic nitrogens is 1. The molecule has 6 nitrogen and oxygen atoms in total. The molecule has 0 spiro atoms. The maximum Gasteiger partial charge on any atom is 0.241 e. The molecule has 5 N–H and O–H groups in total. The summed E-state index contributed by atoms with van der Waals surface area (Å²) in [6.07, 6.45) is 2.70. The third-order valence-electron chi connectivity index (χ3n) is 4.08. The summed E-state index contributed by atoms with van der Waals surface area (Å²) >= 11 is 0. The van der Waals surface area contributed by atoms with Gasteiger partial charge in [-0.25, -0.2) is 0 Å². The van der Waals surface area contributed by atoms with E-state index < -0.39 is 0 Å². The van der Waals surface area contributed by atoms with E-state index in [1.165, 1.54) is 7.05 Å². The van der Waals surface area contributed by atoms with Gasteiger partial charge in [0.05, 0.1) is 11.7 Å². The van der Waals surface area contributed by atoms with Crippen LogP contribution in [0.4, 0.5) is 5.69 Å². The molecule has 1 aromatic heterocycles. The van der Waals surface area contributed by atoms with Crippen molar-refractivity contribution in [3.63, 3.8) is 0 Å². The van der Waals surface area contributed by atoms with E-state index in [2.05, 4.69) is 21.4 Å². The molecule has 1 saturated heterocycles. The molecule has 0 bridgehead atoms. The van der Waals surface area contributed by atoms with Crippen molar-refractivity contribution in [3.05, 3.63) is 66.4 Å². The highest BCUT2D eigenvalue weighted by molar-refractivity contribution is 5.97. The zero-order valence-electron chi connectivity index (χ0n) is 15.4. The van der Waals surface area contributed by atoms with Gasteiger partial charge in [0, 0.05) is 16.6 Å². The minimum atomic E-state index is -0.0903. The number of H-pyrrole nitrogens is 1. The van der Waals surface area contributed by atoms with E-state index in [1.807, 2.05) is 54.6 Å². The maximum atomic E-state index is 12.0. The quantitative estimate of drug-likeness (QED) is 0.536. The molecular weight excluding hydrogens is 340 g/mol. The first-order valence-electron chi connectivity index (χ1n) is 8.96. The summed E-state index contributed by atoms with van der Waals surface area (Å²) in [6, 6.07) is 19.2. The molecule has 0 radical (unpaired) electrons. The van der Waals surface area contributed by atoms with E-state index in [1.54, 1.807) is 6.07 Å². The van der Waals surface area contributed by atoms with Crippen LogP contribution in [0.2, 0.25) is 0 Å². The Morgan fingerprint density at radius 1 is 1.11 bits per heavy atom. The van der Waals surface area contributed by atoms with Gasteiger partial charge in [-0.15, -0.1) is 0 Å². The highest BCUT2D eigenvalue weighted by Crippen LogP contribution is 2.20. The number of rotatable bonds is 3. The van der Waals surface area contributed by atoms with Crippen LogP contribution >= 0.6 is 0 Å². The Balaban J connectivity index is 0.000000275. The molecule has 1 aliphatic rings. The summed E-state index contributed by atoms with van der Waals surface area (Å²) < 4.78 is 0. The molecule has 27 heavy (non-hydrogen) atoms. The van der Waals surface area contributed by atoms with Crippen LogP contribution < -0.4 is 16.4 Å². The van der Waals surface area contributed by atoms with Gasteiger partial charge in [0.15, 0.2) is 6.29 Å². The van der Waals surface area contributed by atoms with Crippen molar-refractivity contribution in [2.45, 2.75) is 18.9 Å². The fourth-order valence-corrected chi connectivity index (χ4v) is 2.82. The molecule has 2 heterocycles. The molecule has 0 aliphatic carbocycles. The van der Waals surface area contributed by atoms with Gasteiger partial charge in [0.2, 0.25) is 5.91 Å². The minimum absolute atomic E-state index is 0.00277. The Hall–Kier alpha value is -2.96. The summed E-state index contributed by atoms with van der Waals surface area (Å²) in [5.74, 6) is 0.00277. The van der Waals surface area contributed by atoms with Crippen LogP contribution in [0, 0.1) is 0 Å². The van der Waals surface area contributed by atoms with Gasteiger partial charge in [0.25, 0.3) is 0 Å². The van der Waals surface area contributed by atoms with Gasteiger partial charge >= 0.3 is 0 Å². The second kappa shape index (κ2) is 10.9. The third kappa shape index (κ3) is 6.06. The average Bonchev–Trinajstić information content (AvgIpc) is 3.41. The molecule has 0 unspecified atom stereocenters. The van der Waals surface area contributed by atoms with Gasteiger partial charge in [-0.1, -0.05) is 36.4 Å². The van der Waals surface area contributed by atoms with Gasteiger partial charge < -0.3 is 21.4 Å². The number of aromatic amines is 1. The van der Waals surface area contributed by atoms with Crippen molar-refractivity contribution in [1.82, 2.24) is 10.3 Å². The molecule has 142 valence electrons. The van der Waals surface area contributed by atoms with Gasteiger partial charge in [0.1, 0.15) is 0 Å². The first-order chi connectivity index (χ1) is 13.3. The zero-order chi connectivity index (χ0) is 19.5. The van der Waals surface area contributed by atoms with E-state index in [9.17, 15) is 9.59 Å². The van der Waals surface area contributed by atoms with E-state index >= 15 is 0 Å². The predicted molar refractivity (Wildman–Crippen MR) is 110 cm³/mol. The summed E-state index contributed by atoms with van der Waals surface area (Å²) in [4.78, 5) is 25.7. The van der Waals surface area contributed by atoms with Crippen LogP contribution in [0.15, 0.2) is 60.7 Å². The van der Waals surface area contributed by atoms with Gasteiger partial charge in [-0.05, 0) is 50.7 Å². The largest absolute Gasteiger partial charge is 0.352 e. The monoisotopic (exact) mass is 366 g/mol. The number of benzene rings is 2. The first-order valence-corrected chi connectivity index (χ1v) is 8.96. The number of nitrogens with two attached hydrogens (primary N) is 1. The molecule has 1 fully saturated rings. The number of aldehydes is 1. The molecule has 4 rings (SSSR count). The van der Waals surface area contributed by atoms with Crippen molar-refractivity contribution in [2.75, 3.05) is 18.9 Å². The highest BCUT2D eigenvalue weighted by Gasteiger charge is 2.21. The summed E-state index contributed by atoms with van der Waals surface area (Å²) in [7, 11) is 1.50. The molecular formula is C21H26N4O2. The van der Waals surface area contributed by atoms with E-state index in [0.29, 0.717) is 5.69 Å². The summed E-state index contributed by atoms with van der Waals surface area (Å²) in [6.45, 7) is 0.900. The van der Waals surface area contributed by atoms with Crippen molar-refractivity contribution in [2.24, 2.45) is 5.73 Å². The van der Waals surface area contributed by atoms with Crippen LogP contribution in [-0.4, -0.2) is 36.8 Å². The number of hydrogen-bond donors (Lipinski definition) is 4. The lowest BCUT2D eigenvalue weighted by atomic mass is 10.2. The number of amides is 1. The van der Waals surface area contributed by atoms with E-state index in [-0.39, 0.29) is 11.9 Å². The zero-order valence-corrected chi connectivity index (χ0v) is 15.4. The Morgan fingerprint density at radius 2 is 1.78 bits per heavy atom. The number of nitrogens with one attached hydrogen (secondary N) is 3. The summed E-state index contributed by atoms with van der Waals surface area (Å²) in [5.41, 5.74) is 6.68. The van der Waals surface area contributed by atoms with Crippen molar-refractivity contribution in [3.8, 4) is 0 Å². The molecule has 6 heteroatoms. The van der Waals surface area contributed by atoms with Crippen LogP contribution in [0.3, 0.4) is 0 Å². The smallest absolute Gasteiger partial charge is 0.241 e. The van der Waals surface area contributed by atoms with Crippen molar-refractivity contribution in [1.29, 1.82) is 0 Å². The number of hydrogen-bond acceptors (Lipinski definition) is 4. The Morgan fingerprint density at radius 3 is 2.33 bits per heavy atom. The lowest BCUT2D eigenvalue weighted by Crippen LogP contribution is -2.35. The molecule has 1 amide bonds. The van der Waals surface area contributed by atoms with Gasteiger partial charge in [-0.3, -0.25) is 9.59 Å². The number of fused-ring (bicyclic) bond motifs is 1. The maximum absolute atomic E-state index is 12.0. The predicted octanol–water partition coefficient (Wildman–Crippen LogP) is 2.93. The Labute approximate surface area is 159 Å². The first kappa shape index (κ1) is 20.4. The topological polar surface area (TPSA) is 100 Å². The van der Waals surface area contributed by atoms with E-state index in [4.69, 9.17) is 0 Å². The van der Waals surface area contributed by atoms with Crippen LogP contribution in [0.5, 0.6) is 0 Å². The number of carbonyl (C=O) groups is 2. The second-order valence-corrected chi connectivity index (χ2v) is 5.94. The standard InChI is InChI=1S/C14H15N3O2.C6H6.CH5N/c18-8-11-7-9-6-10(3-4-12(9)16-11)17-14(19)13-2-1-5-15-13;1-2-4-6-5-3-1;1-2/h3-4,6-8,13,15-16H,1-2,5H2,(H,17,19);1-6H;2H2,1H3/t13-;;/m0../s1. The Kier molecular flexibility index (Phi) is 8.22. The Bertz CT molecular complexity index is 813. The molecule has 3 aromatic rings. The lowest BCUT2D eigenvalue weighted by molar-refractivity contribution is -0.117. The SMILES string of the molecule is CN.O=Cc1cc2cc(NC(=O)[C@@H]3CCCN3)ccc2[nH]1.c1ccccc1. The number of carbonyl (C=O) groups excluding carboxylic acids is 2. The van der Waals surface area contributed by atoms with Crippen molar-refractivity contribution >= 4 is 28.8 Å². The fraction of sp³-hybridized carbons (Fsp3) is 0.238. The minimum Gasteiger partial charge on any atom is -0.352 e.